The Kier molecular flexibility index (Phi) is 5.74. The lowest BCUT2D eigenvalue weighted by molar-refractivity contribution is 0.597. The molecule has 2 aromatic heterocycles. The molecule has 114 valence electrons. The SMILES string of the molecule is CCNC(=NCc1ncc(C)s1)NCCn1cc(C)cn1. The van der Waals surface area contributed by atoms with Crippen LogP contribution in [0.4, 0.5) is 0 Å². The molecule has 0 amide bonds. The first-order valence-corrected chi connectivity index (χ1v) is 7.91. The van der Waals surface area contributed by atoms with Crippen molar-refractivity contribution in [3.63, 3.8) is 0 Å². The molecule has 2 aromatic rings. The molecule has 6 nitrogen and oxygen atoms in total. The average molecular weight is 306 g/mol. The van der Waals surface area contributed by atoms with Crippen molar-refractivity contribution in [3.05, 3.63) is 34.0 Å². The minimum atomic E-state index is 0.606. The quantitative estimate of drug-likeness (QED) is 0.630. The first kappa shape index (κ1) is 15.5. The van der Waals surface area contributed by atoms with E-state index in [0.29, 0.717) is 6.54 Å². The minimum absolute atomic E-state index is 0.606. The maximum atomic E-state index is 4.55. The third kappa shape index (κ3) is 5.18. The number of aliphatic imine (C=N–C) groups is 1. The molecule has 0 aromatic carbocycles. The van der Waals surface area contributed by atoms with E-state index in [2.05, 4.69) is 39.6 Å². The van der Waals surface area contributed by atoms with Crippen molar-refractivity contribution in [2.45, 2.75) is 33.9 Å². The Labute approximate surface area is 129 Å². The van der Waals surface area contributed by atoms with E-state index in [1.54, 1.807) is 11.3 Å². The Morgan fingerprint density at radius 2 is 2.19 bits per heavy atom. The number of aryl methyl sites for hydroxylation is 2. The van der Waals surface area contributed by atoms with Crippen LogP contribution in [0.25, 0.3) is 0 Å². The summed E-state index contributed by atoms with van der Waals surface area (Å²) >= 11 is 1.68. The van der Waals surface area contributed by atoms with Crippen LogP contribution in [-0.2, 0) is 13.1 Å². The van der Waals surface area contributed by atoms with Crippen LogP contribution in [0, 0.1) is 13.8 Å². The summed E-state index contributed by atoms with van der Waals surface area (Å²) < 4.78 is 1.93. The van der Waals surface area contributed by atoms with Crippen LogP contribution >= 0.6 is 11.3 Å². The smallest absolute Gasteiger partial charge is 0.191 e. The molecular formula is C14H22N6S. The van der Waals surface area contributed by atoms with Gasteiger partial charge in [0.05, 0.1) is 19.3 Å². The zero-order valence-corrected chi connectivity index (χ0v) is 13.6. The molecule has 2 rings (SSSR count). The molecular weight excluding hydrogens is 284 g/mol. The summed E-state index contributed by atoms with van der Waals surface area (Å²) in [5.74, 6) is 0.814. The van der Waals surface area contributed by atoms with E-state index in [0.717, 1.165) is 30.6 Å². The van der Waals surface area contributed by atoms with Crippen LogP contribution in [0.5, 0.6) is 0 Å². The molecule has 0 atom stereocenters. The van der Waals surface area contributed by atoms with E-state index in [-0.39, 0.29) is 0 Å². The van der Waals surface area contributed by atoms with Gasteiger partial charge in [-0.25, -0.2) is 9.98 Å². The Balaban J connectivity index is 1.83. The maximum Gasteiger partial charge on any atom is 0.191 e. The normalized spacial score (nSPS) is 11.7. The highest BCUT2D eigenvalue weighted by atomic mass is 32.1. The lowest BCUT2D eigenvalue weighted by Crippen LogP contribution is -2.38. The Bertz CT molecular complexity index is 586. The van der Waals surface area contributed by atoms with Gasteiger partial charge in [-0.05, 0) is 26.3 Å². The molecule has 0 bridgehead atoms. The predicted molar refractivity (Wildman–Crippen MR) is 86.6 cm³/mol. The standard InChI is InChI=1S/C14H22N6S/c1-4-15-14(18-9-13-17-8-12(3)21-13)16-5-6-20-10-11(2)7-19-20/h7-8,10H,4-6,9H2,1-3H3,(H2,15,16,18). The zero-order valence-electron chi connectivity index (χ0n) is 12.8. The second-order valence-corrected chi connectivity index (χ2v) is 6.09. The molecule has 0 saturated heterocycles. The zero-order chi connectivity index (χ0) is 15.1. The van der Waals surface area contributed by atoms with Crippen molar-refractivity contribution >= 4 is 17.3 Å². The number of hydrogen-bond donors (Lipinski definition) is 2. The third-order valence-corrected chi connectivity index (χ3v) is 3.68. The predicted octanol–water partition coefficient (Wildman–Crippen LogP) is 1.71. The van der Waals surface area contributed by atoms with E-state index >= 15 is 0 Å². The maximum absolute atomic E-state index is 4.55. The first-order valence-electron chi connectivity index (χ1n) is 7.10. The van der Waals surface area contributed by atoms with Gasteiger partial charge < -0.3 is 10.6 Å². The van der Waals surface area contributed by atoms with Crippen LogP contribution in [0.2, 0.25) is 0 Å². The van der Waals surface area contributed by atoms with Gasteiger partial charge in [0.2, 0.25) is 0 Å². The summed E-state index contributed by atoms with van der Waals surface area (Å²) in [5, 5.41) is 11.8. The van der Waals surface area contributed by atoms with E-state index < -0.39 is 0 Å². The fourth-order valence-electron chi connectivity index (χ4n) is 1.84. The third-order valence-electron chi connectivity index (χ3n) is 2.78. The van der Waals surface area contributed by atoms with Crippen molar-refractivity contribution < 1.29 is 0 Å². The second kappa shape index (κ2) is 7.78. The number of nitrogens with zero attached hydrogens (tertiary/aromatic N) is 4. The summed E-state index contributed by atoms with van der Waals surface area (Å²) in [7, 11) is 0. The Morgan fingerprint density at radius 1 is 1.33 bits per heavy atom. The number of hydrogen-bond acceptors (Lipinski definition) is 4. The van der Waals surface area contributed by atoms with Gasteiger partial charge in [0, 0.05) is 30.4 Å². The topological polar surface area (TPSA) is 67.1 Å². The van der Waals surface area contributed by atoms with Crippen LogP contribution in [0.1, 0.15) is 22.4 Å². The van der Waals surface area contributed by atoms with Gasteiger partial charge >= 0.3 is 0 Å². The number of nitrogens with one attached hydrogen (secondary N) is 2. The number of thiazole rings is 1. The van der Waals surface area contributed by atoms with Gasteiger partial charge in [0.25, 0.3) is 0 Å². The second-order valence-electron chi connectivity index (χ2n) is 4.77. The molecule has 2 N–H and O–H groups in total. The van der Waals surface area contributed by atoms with E-state index in [4.69, 9.17) is 0 Å². The Hall–Kier alpha value is -1.89. The molecule has 0 fully saturated rings. The van der Waals surface area contributed by atoms with Crippen LogP contribution in [0.3, 0.4) is 0 Å². The summed E-state index contributed by atoms with van der Waals surface area (Å²) in [4.78, 5) is 10.1. The highest BCUT2D eigenvalue weighted by Crippen LogP contribution is 2.11. The minimum Gasteiger partial charge on any atom is -0.357 e. The highest BCUT2D eigenvalue weighted by molar-refractivity contribution is 7.11. The van der Waals surface area contributed by atoms with E-state index in [9.17, 15) is 0 Å². The molecule has 0 unspecified atom stereocenters. The van der Waals surface area contributed by atoms with Crippen molar-refractivity contribution in [1.29, 1.82) is 0 Å². The fourth-order valence-corrected chi connectivity index (χ4v) is 2.55. The summed E-state index contributed by atoms with van der Waals surface area (Å²) in [6, 6.07) is 0. The average Bonchev–Trinajstić information content (AvgIpc) is 3.05. The largest absolute Gasteiger partial charge is 0.357 e. The highest BCUT2D eigenvalue weighted by Gasteiger charge is 2.01. The fraction of sp³-hybridized carbons (Fsp3) is 0.500. The molecule has 0 aliphatic heterocycles. The number of aromatic nitrogens is 3. The van der Waals surface area contributed by atoms with Crippen molar-refractivity contribution in [2.24, 2.45) is 4.99 Å². The van der Waals surface area contributed by atoms with E-state index in [1.807, 2.05) is 30.2 Å². The molecule has 0 aliphatic carbocycles. The molecule has 0 spiro atoms. The Morgan fingerprint density at radius 3 is 2.81 bits per heavy atom. The van der Waals surface area contributed by atoms with Gasteiger partial charge in [-0.3, -0.25) is 4.68 Å². The van der Waals surface area contributed by atoms with Crippen LogP contribution < -0.4 is 10.6 Å². The number of rotatable bonds is 6. The van der Waals surface area contributed by atoms with Crippen LogP contribution in [0.15, 0.2) is 23.6 Å². The first-order chi connectivity index (χ1) is 10.2. The van der Waals surface area contributed by atoms with Gasteiger partial charge in [-0.15, -0.1) is 11.3 Å². The molecule has 0 radical (unpaired) electrons. The van der Waals surface area contributed by atoms with Crippen LogP contribution in [-0.4, -0.2) is 33.8 Å². The lowest BCUT2D eigenvalue weighted by atomic mass is 10.4. The van der Waals surface area contributed by atoms with Crippen molar-refractivity contribution in [1.82, 2.24) is 25.4 Å². The van der Waals surface area contributed by atoms with Crippen molar-refractivity contribution in [3.8, 4) is 0 Å². The van der Waals surface area contributed by atoms with Gasteiger partial charge in [-0.1, -0.05) is 0 Å². The summed E-state index contributed by atoms with van der Waals surface area (Å²) in [6.07, 6.45) is 5.78. The van der Waals surface area contributed by atoms with Gasteiger partial charge in [-0.2, -0.15) is 5.10 Å². The van der Waals surface area contributed by atoms with Gasteiger partial charge in [0.1, 0.15) is 5.01 Å². The van der Waals surface area contributed by atoms with E-state index in [1.165, 1.54) is 10.4 Å². The van der Waals surface area contributed by atoms with Gasteiger partial charge in [0.15, 0.2) is 5.96 Å². The van der Waals surface area contributed by atoms with Crippen molar-refractivity contribution in [2.75, 3.05) is 13.1 Å². The summed E-state index contributed by atoms with van der Waals surface area (Å²) in [6.45, 7) is 9.19. The summed E-state index contributed by atoms with van der Waals surface area (Å²) in [5.41, 5.74) is 1.18. The number of guanidine groups is 1. The lowest BCUT2D eigenvalue weighted by Gasteiger charge is -2.10. The molecule has 2 heterocycles. The monoisotopic (exact) mass is 306 g/mol. The molecule has 0 aliphatic rings. The molecule has 0 saturated carbocycles. The molecule has 7 heteroatoms. The molecule has 21 heavy (non-hydrogen) atoms.